The van der Waals surface area contributed by atoms with Gasteiger partial charge in [-0.2, -0.15) is 0 Å². The van der Waals surface area contributed by atoms with Gasteiger partial charge in [0.1, 0.15) is 0 Å². The van der Waals surface area contributed by atoms with E-state index in [1.165, 1.54) is 5.56 Å². The number of carbonyl (C=O) groups is 1. The molecule has 4 nitrogen and oxygen atoms in total. The van der Waals surface area contributed by atoms with E-state index >= 15 is 0 Å². The third-order valence-electron chi connectivity index (χ3n) is 4.04. The molecule has 1 heterocycles. The molecule has 0 aromatic heterocycles. The maximum absolute atomic E-state index is 11.6. The molecule has 1 amide bonds. The van der Waals surface area contributed by atoms with Gasteiger partial charge in [-0.25, -0.2) is 0 Å². The lowest BCUT2D eigenvalue weighted by Crippen LogP contribution is -2.47. The highest BCUT2D eigenvalue weighted by atomic mass is 16.1. The van der Waals surface area contributed by atoms with Crippen molar-refractivity contribution in [3.8, 4) is 0 Å². The van der Waals surface area contributed by atoms with Crippen molar-refractivity contribution < 1.29 is 4.79 Å². The minimum Gasteiger partial charge on any atom is -0.353 e. The topological polar surface area (TPSA) is 35.6 Å². The third-order valence-corrected chi connectivity index (χ3v) is 4.04. The third kappa shape index (κ3) is 6.80. The van der Waals surface area contributed by atoms with Gasteiger partial charge in [0, 0.05) is 52.2 Å². The van der Waals surface area contributed by atoms with Crippen molar-refractivity contribution >= 4 is 12.0 Å². The van der Waals surface area contributed by atoms with Crippen molar-refractivity contribution in [2.75, 3.05) is 45.8 Å². The molecule has 0 bridgehead atoms. The average Bonchev–Trinajstić information content (AvgIpc) is 2.60. The first-order valence-electron chi connectivity index (χ1n) is 8.32. The van der Waals surface area contributed by atoms with Crippen molar-refractivity contribution in [1.29, 1.82) is 0 Å². The predicted molar refractivity (Wildman–Crippen MR) is 96.2 cm³/mol. The first-order valence-corrected chi connectivity index (χ1v) is 8.32. The molecule has 0 radical (unpaired) electrons. The molecule has 0 aliphatic carbocycles. The van der Waals surface area contributed by atoms with Gasteiger partial charge in [-0.1, -0.05) is 48.6 Å². The molecule has 1 saturated heterocycles. The van der Waals surface area contributed by atoms with E-state index in [9.17, 15) is 4.79 Å². The fourth-order valence-corrected chi connectivity index (χ4v) is 2.63. The average molecular weight is 313 g/mol. The summed E-state index contributed by atoms with van der Waals surface area (Å²) in [6.45, 7) is 10.2. The Hall–Kier alpha value is -1.91. The van der Waals surface area contributed by atoms with Crippen LogP contribution in [0.15, 0.2) is 49.1 Å². The number of piperazine rings is 1. The molecule has 0 saturated carbocycles. The molecule has 4 heteroatoms. The lowest BCUT2D eigenvalue weighted by molar-refractivity contribution is -0.121. The summed E-state index contributed by atoms with van der Waals surface area (Å²) in [5, 5.41) is 2.82. The summed E-state index contributed by atoms with van der Waals surface area (Å²) >= 11 is 0. The Balaban J connectivity index is 1.61. The molecule has 1 N–H and O–H groups in total. The van der Waals surface area contributed by atoms with Crippen LogP contribution < -0.4 is 5.32 Å². The lowest BCUT2D eigenvalue weighted by atomic mass is 10.2. The zero-order valence-corrected chi connectivity index (χ0v) is 13.8. The van der Waals surface area contributed by atoms with Gasteiger partial charge in [0.25, 0.3) is 0 Å². The molecular weight excluding hydrogens is 286 g/mol. The summed E-state index contributed by atoms with van der Waals surface area (Å²) in [7, 11) is 0. The second-order valence-corrected chi connectivity index (χ2v) is 5.80. The number of rotatable bonds is 8. The quantitative estimate of drug-likeness (QED) is 0.746. The summed E-state index contributed by atoms with van der Waals surface area (Å²) in [5.74, 6) is 0.109. The number of nitrogens with zero attached hydrogens (tertiary/aromatic N) is 2. The van der Waals surface area contributed by atoms with Gasteiger partial charge in [-0.05, 0) is 5.56 Å². The van der Waals surface area contributed by atoms with E-state index in [0.29, 0.717) is 13.0 Å². The van der Waals surface area contributed by atoms with Crippen LogP contribution in [0.2, 0.25) is 0 Å². The number of nitrogens with one attached hydrogen (secondary N) is 1. The fourth-order valence-electron chi connectivity index (χ4n) is 2.63. The number of amides is 1. The maximum Gasteiger partial charge on any atom is 0.221 e. The van der Waals surface area contributed by atoms with Crippen LogP contribution in [0.25, 0.3) is 6.08 Å². The normalized spacial score (nSPS) is 16.5. The molecule has 1 aromatic rings. The first kappa shape index (κ1) is 17.4. The second-order valence-electron chi connectivity index (χ2n) is 5.80. The molecular formula is C19H27N3O. The Morgan fingerprint density at radius 3 is 2.52 bits per heavy atom. The van der Waals surface area contributed by atoms with Crippen LogP contribution in [0, 0.1) is 0 Å². The number of hydrogen-bond donors (Lipinski definition) is 1. The monoisotopic (exact) mass is 313 g/mol. The highest BCUT2D eigenvalue weighted by Gasteiger charge is 2.16. The van der Waals surface area contributed by atoms with Crippen LogP contribution in [-0.4, -0.2) is 61.5 Å². The van der Waals surface area contributed by atoms with Crippen molar-refractivity contribution in [3.63, 3.8) is 0 Å². The number of hydrogen-bond acceptors (Lipinski definition) is 3. The minimum atomic E-state index is 0.109. The Morgan fingerprint density at radius 2 is 1.83 bits per heavy atom. The Bertz CT molecular complexity index is 505. The van der Waals surface area contributed by atoms with Crippen LogP contribution in [-0.2, 0) is 4.79 Å². The molecule has 0 unspecified atom stereocenters. The van der Waals surface area contributed by atoms with E-state index in [4.69, 9.17) is 0 Å². The minimum absolute atomic E-state index is 0.109. The van der Waals surface area contributed by atoms with Gasteiger partial charge in [-0.3, -0.25) is 9.69 Å². The van der Waals surface area contributed by atoms with Gasteiger partial charge in [0.05, 0.1) is 0 Å². The van der Waals surface area contributed by atoms with E-state index in [1.54, 1.807) is 6.08 Å². The molecule has 1 aliphatic rings. The van der Waals surface area contributed by atoms with Crippen molar-refractivity contribution in [2.24, 2.45) is 0 Å². The summed E-state index contributed by atoms with van der Waals surface area (Å²) < 4.78 is 0. The van der Waals surface area contributed by atoms with Gasteiger partial charge in [0.15, 0.2) is 0 Å². The molecule has 2 rings (SSSR count). The van der Waals surface area contributed by atoms with Gasteiger partial charge in [-0.15, -0.1) is 6.58 Å². The number of benzene rings is 1. The highest BCUT2D eigenvalue weighted by molar-refractivity contribution is 5.76. The zero-order chi connectivity index (χ0) is 16.3. The Morgan fingerprint density at radius 1 is 1.13 bits per heavy atom. The molecule has 0 atom stereocenters. The van der Waals surface area contributed by atoms with Crippen LogP contribution in [0.3, 0.4) is 0 Å². The van der Waals surface area contributed by atoms with Crippen molar-refractivity contribution in [2.45, 2.75) is 6.42 Å². The van der Waals surface area contributed by atoms with Crippen molar-refractivity contribution in [1.82, 2.24) is 15.1 Å². The lowest BCUT2D eigenvalue weighted by Gasteiger charge is -2.33. The van der Waals surface area contributed by atoms with E-state index in [2.05, 4.69) is 58.1 Å². The van der Waals surface area contributed by atoms with E-state index in [1.807, 2.05) is 6.07 Å². The van der Waals surface area contributed by atoms with E-state index < -0.39 is 0 Å². The van der Waals surface area contributed by atoms with E-state index in [-0.39, 0.29) is 5.91 Å². The molecule has 1 fully saturated rings. The maximum atomic E-state index is 11.6. The van der Waals surface area contributed by atoms with Crippen LogP contribution in [0.4, 0.5) is 0 Å². The predicted octanol–water partition coefficient (Wildman–Crippen LogP) is 2.01. The smallest absolute Gasteiger partial charge is 0.221 e. The molecule has 1 aliphatic heterocycles. The SMILES string of the molecule is C=CCNC(=O)CCN1CCN(C/C=C/c2ccccc2)CC1. The standard InChI is InChI=1S/C19H27N3O/c1-2-11-20-19(23)10-13-22-16-14-21(15-17-22)12-6-9-18-7-4-3-5-8-18/h2-9H,1,10-17H2,(H,20,23)/b9-6+. The summed E-state index contributed by atoms with van der Waals surface area (Å²) in [4.78, 5) is 16.4. The van der Waals surface area contributed by atoms with Gasteiger partial charge in [0.2, 0.25) is 5.91 Å². The largest absolute Gasteiger partial charge is 0.353 e. The highest BCUT2D eigenvalue weighted by Crippen LogP contribution is 2.05. The summed E-state index contributed by atoms with van der Waals surface area (Å²) in [6.07, 6.45) is 6.69. The molecule has 124 valence electrons. The fraction of sp³-hybridized carbons (Fsp3) is 0.421. The zero-order valence-electron chi connectivity index (χ0n) is 13.8. The van der Waals surface area contributed by atoms with Crippen LogP contribution >= 0.6 is 0 Å². The molecule has 0 spiro atoms. The van der Waals surface area contributed by atoms with Crippen LogP contribution in [0.1, 0.15) is 12.0 Å². The summed E-state index contributed by atoms with van der Waals surface area (Å²) in [5.41, 5.74) is 1.25. The molecule has 23 heavy (non-hydrogen) atoms. The number of carbonyl (C=O) groups excluding carboxylic acids is 1. The van der Waals surface area contributed by atoms with Crippen LogP contribution in [0.5, 0.6) is 0 Å². The first-order chi connectivity index (χ1) is 11.3. The van der Waals surface area contributed by atoms with E-state index in [0.717, 1.165) is 39.3 Å². The van der Waals surface area contributed by atoms with Crippen molar-refractivity contribution in [3.05, 3.63) is 54.6 Å². The van der Waals surface area contributed by atoms with Gasteiger partial charge < -0.3 is 10.2 Å². The summed E-state index contributed by atoms with van der Waals surface area (Å²) in [6, 6.07) is 10.4. The Labute approximate surface area is 139 Å². The second kappa shape index (κ2) is 9.98. The Kier molecular flexibility index (Phi) is 7.57. The molecule has 1 aromatic carbocycles. The van der Waals surface area contributed by atoms with Gasteiger partial charge >= 0.3 is 0 Å².